The summed E-state index contributed by atoms with van der Waals surface area (Å²) in [6, 6.07) is 6.89. The summed E-state index contributed by atoms with van der Waals surface area (Å²) in [6.07, 6.45) is 10.8. The molecule has 1 spiro atoms. The molecule has 3 fully saturated rings. The van der Waals surface area contributed by atoms with E-state index in [1.54, 1.807) is 12.1 Å². The van der Waals surface area contributed by atoms with E-state index in [2.05, 4.69) is 9.80 Å². The lowest BCUT2D eigenvalue weighted by Crippen LogP contribution is -2.45. The Bertz CT molecular complexity index is 640. The van der Waals surface area contributed by atoms with Crippen LogP contribution < -0.4 is 0 Å². The first-order chi connectivity index (χ1) is 13.1. The summed E-state index contributed by atoms with van der Waals surface area (Å²) < 4.78 is 13.1. The van der Waals surface area contributed by atoms with Crippen molar-refractivity contribution >= 4 is 5.91 Å². The van der Waals surface area contributed by atoms with Crippen LogP contribution in [0.15, 0.2) is 24.3 Å². The monoisotopic (exact) mass is 372 g/mol. The highest BCUT2D eigenvalue weighted by Gasteiger charge is 2.42. The second-order valence-electron chi connectivity index (χ2n) is 9.21. The fraction of sp³-hybridized carbons (Fsp3) is 0.696. The molecule has 0 unspecified atom stereocenters. The van der Waals surface area contributed by atoms with Crippen molar-refractivity contribution in [1.29, 1.82) is 0 Å². The van der Waals surface area contributed by atoms with E-state index in [-0.39, 0.29) is 11.2 Å². The summed E-state index contributed by atoms with van der Waals surface area (Å²) in [5.41, 5.74) is 1.46. The zero-order valence-electron chi connectivity index (χ0n) is 16.5. The van der Waals surface area contributed by atoms with Crippen molar-refractivity contribution in [3.05, 3.63) is 35.6 Å². The van der Waals surface area contributed by atoms with Gasteiger partial charge in [-0.25, -0.2) is 4.39 Å². The highest BCUT2D eigenvalue weighted by Crippen LogP contribution is 2.40. The Morgan fingerprint density at radius 2 is 1.78 bits per heavy atom. The van der Waals surface area contributed by atoms with E-state index in [0.717, 1.165) is 45.6 Å². The second-order valence-corrected chi connectivity index (χ2v) is 9.21. The largest absolute Gasteiger partial charge is 0.342 e. The number of nitrogens with zero attached hydrogens (tertiary/aromatic N) is 2. The zero-order valence-corrected chi connectivity index (χ0v) is 16.5. The number of amides is 1. The van der Waals surface area contributed by atoms with Crippen LogP contribution in [0.25, 0.3) is 0 Å². The number of rotatable bonds is 4. The van der Waals surface area contributed by atoms with Gasteiger partial charge < -0.3 is 4.90 Å². The summed E-state index contributed by atoms with van der Waals surface area (Å²) in [5.74, 6) is 0.857. The van der Waals surface area contributed by atoms with Crippen LogP contribution in [-0.4, -0.2) is 41.9 Å². The highest BCUT2D eigenvalue weighted by molar-refractivity contribution is 5.76. The number of hydrogen-bond donors (Lipinski definition) is 0. The number of benzene rings is 1. The zero-order chi connectivity index (χ0) is 18.7. The van der Waals surface area contributed by atoms with Crippen LogP contribution in [-0.2, 0) is 11.3 Å². The summed E-state index contributed by atoms with van der Waals surface area (Å²) in [5, 5.41) is 0. The first kappa shape index (κ1) is 18.9. The number of likely N-dealkylation sites (tertiary alicyclic amines) is 2. The Labute approximate surface area is 162 Å². The number of hydrogen-bond acceptors (Lipinski definition) is 2. The van der Waals surface area contributed by atoms with E-state index < -0.39 is 0 Å². The first-order valence-corrected chi connectivity index (χ1v) is 10.9. The molecular formula is C23H33FN2O. The molecule has 148 valence electrons. The molecule has 3 aliphatic rings. The predicted octanol–water partition coefficient (Wildman–Crippen LogP) is 4.61. The molecule has 27 heavy (non-hydrogen) atoms. The number of piperidine rings is 1. The van der Waals surface area contributed by atoms with Gasteiger partial charge in [0.15, 0.2) is 0 Å². The lowest BCUT2D eigenvalue weighted by atomic mass is 9.79. The molecule has 0 radical (unpaired) electrons. The Balaban J connectivity index is 1.31. The second kappa shape index (κ2) is 8.30. The topological polar surface area (TPSA) is 23.6 Å². The van der Waals surface area contributed by atoms with E-state index in [4.69, 9.17) is 0 Å². The molecule has 1 saturated carbocycles. The fourth-order valence-corrected chi connectivity index (χ4v) is 5.54. The lowest BCUT2D eigenvalue weighted by molar-refractivity contribution is -0.132. The summed E-state index contributed by atoms with van der Waals surface area (Å²) in [6.45, 7) is 4.94. The lowest BCUT2D eigenvalue weighted by Gasteiger charge is -2.40. The molecule has 1 atom stereocenters. The smallest absolute Gasteiger partial charge is 0.222 e. The van der Waals surface area contributed by atoms with Crippen LogP contribution in [0.2, 0.25) is 0 Å². The maximum Gasteiger partial charge on any atom is 0.222 e. The quantitative estimate of drug-likeness (QED) is 0.770. The maximum atomic E-state index is 13.1. The summed E-state index contributed by atoms with van der Waals surface area (Å²) >= 11 is 0. The van der Waals surface area contributed by atoms with Gasteiger partial charge in [0.25, 0.3) is 0 Å². The molecule has 3 nitrogen and oxygen atoms in total. The fourth-order valence-electron chi connectivity index (χ4n) is 5.54. The molecule has 2 aliphatic heterocycles. The van der Waals surface area contributed by atoms with Gasteiger partial charge in [-0.2, -0.15) is 0 Å². The minimum absolute atomic E-state index is 0.170. The van der Waals surface area contributed by atoms with E-state index in [1.807, 2.05) is 12.1 Å². The van der Waals surface area contributed by atoms with E-state index in [0.29, 0.717) is 11.8 Å². The molecule has 4 rings (SSSR count). The van der Waals surface area contributed by atoms with Crippen molar-refractivity contribution < 1.29 is 9.18 Å². The standard InChI is InChI=1S/C23H33FN2O/c24-21-9-7-20(8-10-21)16-25-13-4-11-23(17-25)12-14-26(18-23)22(27)15-19-5-2-1-3-6-19/h7-10,19H,1-6,11-18H2/t23-/m0/s1. The average Bonchev–Trinajstić information content (AvgIpc) is 3.08. The van der Waals surface area contributed by atoms with Crippen molar-refractivity contribution in [2.75, 3.05) is 26.2 Å². The van der Waals surface area contributed by atoms with Gasteiger partial charge in [-0.15, -0.1) is 0 Å². The maximum absolute atomic E-state index is 13.1. The molecule has 1 aliphatic carbocycles. The van der Waals surface area contributed by atoms with Crippen LogP contribution in [0.1, 0.15) is 63.4 Å². The molecule has 2 heterocycles. The van der Waals surface area contributed by atoms with Crippen molar-refractivity contribution in [1.82, 2.24) is 9.80 Å². The van der Waals surface area contributed by atoms with Crippen LogP contribution >= 0.6 is 0 Å². The van der Waals surface area contributed by atoms with Gasteiger partial charge in [-0.3, -0.25) is 9.69 Å². The number of carbonyl (C=O) groups is 1. The number of halogens is 1. The predicted molar refractivity (Wildman–Crippen MR) is 106 cm³/mol. The van der Waals surface area contributed by atoms with E-state index >= 15 is 0 Å². The Hall–Kier alpha value is -1.42. The van der Waals surface area contributed by atoms with Gasteiger partial charge in [-0.05, 0) is 62.3 Å². The molecule has 2 saturated heterocycles. The van der Waals surface area contributed by atoms with Gasteiger partial charge in [-0.1, -0.05) is 31.4 Å². The summed E-state index contributed by atoms with van der Waals surface area (Å²) in [7, 11) is 0. The SMILES string of the molecule is O=C(CC1CCCCC1)N1CC[C@]2(CCCN(Cc3ccc(F)cc3)C2)C1. The van der Waals surface area contributed by atoms with E-state index in [1.165, 1.54) is 50.5 Å². The normalized spacial score (nSPS) is 27.4. The minimum atomic E-state index is -0.170. The van der Waals surface area contributed by atoms with Crippen molar-refractivity contribution in [2.45, 2.75) is 64.3 Å². The molecule has 0 bridgehead atoms. The Morgan fingerprint density at radius 3 is 2.56 bits per heavy atom. The van der Waals surface area contributed by atoms with Gasteiger partial charge >= 0.3 is 0 Å². The van der Waals surface area contributed by atoms with Crippen molar-refractivity contribution in [3.8, 4) is 0 Å². The molecule has 1 aromatic carbocycles. The molecule has 0 aromatic heterocycles. The van der Waals surface area contributed by atoms with Crippen molar-refractivity contribution in [3.63, 3.8) is 0 Å². The average molecular weight is 373 g/mol. The minimum Gasteiger partial charge on any atom is -0.342 e. The molecule has 1 amide bonds. The molecule has 4 heteroatoms. The van der Waals surface area contributed by atoms with Crippen LogP contribution in [0.5, 0.6) is 0 Å². The van der Waals surface area contributed by atoms with Gasteiger partial charge in [0.05, 0.1) is 0 Å². The molecule has 0 N–H and O–H groups in total. The Kier molecular flexibility index (Phi) is 5.82. The van der Waals surface area contributed by atoms with Crippen LogP contribution in [0.3, 0.4) is 0 Å². The summed E-state index contributed by atoms with van der Waals surface area (Å²) in [4.78, 5) is 17.5. The van der Waals surface area contributed by atoms with Crippen molar-refractivity contribution in [2.24, 2.45) is 11.3 Å². The van der Waals surface area contributed by atoms with E-state index in [9.17, 15) is 9.18 Å². The third-order valence-electron chi connectivity index (χ3n) is 7.04. The molecular weight excluding hydrogens is 339 g/mol. The van der Waals surface area contributed by atoms with Gasteiger partial charge in [0, 0.05) is 38.0 Å². The van der Waals surface area contributed by atoms with Gasteiger partial charge in [0.2, 0.25) is 5.91 Å². The van der Waals surface area contributed by atoms with Crippen LogP contribution in [0, 0.1) is 17.2 Å². The van der Waals surface area contributed by atoms with Gasteiger partial charge in [0.1, 0.15) is 5.82 Å². The molecule has 1 aromatic rings. The van der Waals surface area contributed by atoms with Crippen LogP contribution in [0.4, 0.5) is 4.39 Å². The number of carbonyl (C=O) groups excluding carboxylic acids is 1. The first-order valence-electron chi connectivity index (χ1n) is 10.9. The highest BCUT2D eigenvalue weighted by atomic mass is 19.1. The third-order valence-corrected chi connectivity index (χ3v) is 7.04. The Morgan fingerprint density at radius 1 is 1.00 bits per heavy atom. The third kappa shape index (κ3) is 4.71.